The van der Waals surface area contributed by atoms with Crippen LogP contribution in [-0.2, 0) is 6.54 Å². The minimum absolute atomic E-state index is 0.158. The van der Waals surface area contributed by atoms with Crippen LogP contribution in [0.5, 0.6) is 11.5 Å². The molecule has 0 aliphatic heterocycles. The molecule has 0 saturated heterocycles. The maximum absolute atomic E-state index is 9.89. The van der Waals surface area contributed by atoms with Crippen LogP contribution >= 0.6 is 15.9 Å². The van der Waals surface area contributed by atoms with E-state index in [0.717, 1.165) is 15.7 Å². The van der Waals surface area contributed by atoms with Crippen LogP contribution in [0.1, 0.15) is 11.1 Å². The van der Waals surface area contributed by atoms with Crippen LogP contribution in [0.3, 0.4) is 0 Å². The number of hydrogen-bond donors (Lipinski definition) is 2. The predicted molar refractivity (Wildman–Crippen MR) is 80.8 cm³/mol. The second-order valence-electron chi connectivity index (χ2n) is 4.15. The molecule has 0 saturated carbocycles. The third-order valence-corrected chi connectivity index (χ3v) is 3.36. The van der Waals surface area contributed by atoms with Gasteiger partial charge >= 0.3 is 0 Å². The number of methoxy groups -OCH3 is 1. The Balaban J connectivity index is 2.17. The zero-order valence-electron chi connectivity index (χ0n) is 10.9. The summed E-state index contributed by atoms with van der Waals surface area (Å²) < 4.78 is 5.92. The fraction of sp³-hybridized carbons (Fsp3) is 0.133. The van der Waals surface area contributed by atoms with E-state index < -0.39 is 0 Å². The standard InChI is InChI=1S/C15H13BrN2O2/c1-20-13-5-3-11(15(19)7-13)9-18-14-6-12(16)4-2-10(14)8-17/h2-7,18-19H,9H2,1H3. The van der Waals surface area contributed by atoms with Crippen molar-refractivity contribution in [1.82, 2.24) is 0 Å². The van der Waals surface area contributed by atoms with E-state index in [0.29, 0.717) is 17.9 Å². The molecule has 0 fully saturated rings. The van der Waals surface area contributed by atoms with E-state index in [4.69, 9.17) is 10.00 Å². The van der Waals surface area contributed by atoms with Crippen LogP contribution in [0.15, 0.2) is 40.9 Å². The molecule has 0 aliphatic carbocycles. The van der Waals surface area contributed by atoms with Crippen molar-refractivity contribution in [1.29, 1.82) is 5.26 Å². The van der Waals surface area contributed by atoms with Crippen molar-refractivity contribution in [2.75, 3.05) is 12.4 Å². The average molecular weight is 333 g/mol. The molecule has 0 amide bonds. The molecular weight excluding hydrogens is 320 g/mol. The fourth-order valence-electron chi connectivity index (χ4n) is 1.77. The minimum atomic E-state index is 0.158. The number of hydrogen-bond acceptors (Lipinski definition) is 4. The van der Waals surface area contributed by atoms with Gasteiger partial charge in [0.1, 0.15) is 17.6 Å². The van der Waals surface area contributed by atoms with Crippen molar-refractivity contribution in [3.8, 4) is 17.6 Å². The van der Waals surface area contributed by atoms with Crippen LogP contribution in [0.2, 0.25) is 0 Å². The monoisotopic (exact) mass is 332 g/mol. The lowest BCUT2D eigenvalue weighted by molar-refractivity contribution is 0.406. The highest BCUT2D eigenvalue weighted by Crippen LogP contribution is 2.26. The summed E-state index contributed by atoms with van der Waals surface area (Å²) in [7, 11) is 1.55. The number of nitrogens with one attached hydrogen (secondary N) is 1. The molecule has 5 heteroatoms. The number of halogens is 1. The van der Waals surface area contributed by atoms with Gasteiger partial charge in [0.2, 0.25) is 0 Å². The maximum Gasteiger partial charge on any atom is 0.124 e. The summed E-state index contributed by atoms with van der Waals surface area (Å²) in [5, 5.41) is 22.1. The Hall–Kier alpha value is -2.19. The highest BCUT2D eigenvalue weighted by molar-refractivity contribution is 9.10. The lowest BCUT2D eigenvalue weighted by atomic mass is 10.1. The largest absolute Gasteiger partial charge is 0.507 e. The van der Waals surface area contributed by atoms with E-state index in [1.165, 1.54) is 0 Å². The predicted octanol–water partition coefficient (Wildman–Crippen LogP) is 3.65. The highest BCUT2D eigenvalue weighted by atomic mass is 79.9. The van der Waals surface area contributed by atoms with Gasteiger partial charge in [0.15, 0.2) is 0 Å². The van der Waals surface area contributed by atoms with Crippen molar-refractivity contribution in [3.63, 3.8) is 0 Å². The van der Waals surface area contributed by atoms with Crippen LogP contribution < -0.4 is 10.1 Å². The molecule has 102 valence electrons. The van der Waals surface area contributed by atoms with Gasteiger partial charge < -0.3 is 15.2 Å². The second-order valence-corrected chi connectivity index (χ2v) is 5.07. The Bertz CT molecular complexity index is 665. The summed E-state index contributed by atoms with van der Waals surface area (Å²) in [5.41, 5.74) is 2.01. The van der Waals surface area contributed by atoms with E-state index in [1.807, 2.05) is 12.1 Å². The molecule has 20 heavy (non-hydrogen) atoms. The zero-order chi connectivity index (χ0) is 14.5. The summed E-state index contributed by atoms with van der Waals surface area (Å²) >= 11 is 3.37. The molecule has 0 heterocycles. The Labute approximate surface area is 125 Å². The third-order valence-electron chi connectivity index (χ3n) is 2.86. The first-order chi connectivity index (χ1) is 9.63. The SMILES string of the molecule is COc1ccc(CNc2cc(Br)ccc2C#N)c(O)c1. The van der Waals surface area contributed by atoms with E-state index >= 15 is 0 Å². The molecule has 0 bridgehead atoms. The Morgan fingerprint density at radius 1 is 1.30 bits per heavy atom. The van der Waals surface area contributed by atoms with Crippen molar-refractivity contribution < 1.29 is 9.84 Å². The summed E-state index contributed by atoms with van der Waals surface area (Å²) in [6, 6.07) is 12.6. The summed E-state index contributed by atoms with van der Waals surface area (Å²) in [5.74, 6) is 0.761. The maximum atomic E-state index is 9.89. The summed E-state index contributed by atoms with van der Waals surface area (Å²) in [6.45, 7) is 0.418. The first kappa shape index (κ1) is 14.2. The first-order valence-electron chi connectivity index (χ1n) is 5.93. The Morgan fingerprint density at radius 3 is 2.75 bits per heavy atom. The van der Waals surface area contributed by atoms with Gasteiger partial charge in [0.25, 0.3) is 0 Å². The van der Waals surface area contributed by atoms with Crippen molar-refractivity contribution in [2.45, 2.75) is 6.54 Å². The normalized spacial score (nSPS) is 9.85. The molecule has 0 atom stereocenters. The van der Waals surface area contributed by atoms with E-state index in [2.05, 4.69) is 27.3 Å². The van der Waals surface area contributed by atoms with Crippen molar-refractivity contribution in [2.24, 2.45) is 0 Å². The molecule has 0 radical (unpaired) electrons. The van der Waals surface area contributed by atoms with E-state index in [9.17, 15) is 5.11 Å². The third kappa shape index (κ3) is 3.22. The second kappa shape index (κ2) is 6.31. The van der Waals surface area contributed by atoms with Crippen LogP contribution in [-0.4, -0.2) is 12.2 Å². The lowest BCUT2D eigenvalue weighted by Gasteiger charge is -2.11. The summed E-state index contributed by atoms with van der Waals surface area (Å²) in [4.78, 5) is 0. The van der Waals surface area contributed by atoms with E-state index in [1.54, 1.807) is 31.4 Å². The van der Waals surface area contributed by atoms with Crippen LogP contribution in [0, 0.1) is 11.3 Å². The number of aromatic hydroxyl groups is 1. The number of anilines is 1. The molecule has 0 aliphatic rings. The molecule has 0 unspecified atom stereocenters. The smallest absolute Gasteiger partial charge is 0.124 e. The first-order valence-corrected chi connectivity index (χ1v) is 6.72. The van der Waals surface area contributed by atoms with Crippen LogP contribution in [0.25, 0.3) is 0 Å². The number of rotatable bonds is 4. The molecule has 4 nitrogen and oxygen atoms in total. The molecule has 2 aromatic rings. The molecule has 2 rings (SSSR count). The molecule has 0 aromatic heterocycles. The molecule has 2 aromatic carbocycles. The Kier molecular flexibility index (Phi) is 4.49. The van der Waals surface area contributed by atoms with E-state index in [-0.39, 0.29) is 5.75 Å². The quantitative estimate of drug-likeness (QED) is 0.896. The number of phenolic OH excluding ortho intramolecular Hbond substituents is 1. The van der Waals surface area contributed by atoms with Gasteiger partial charge in [-0.2, -0.15) is 5.26 Å². The van der Waals surface area contributed by atoms with Crippen molar-refractivity contribution >= 4 is 21.6 Å². The van der Waals surface area contributed by atoms with Gasteiger partial charge in [-0.25, -0.2) is 0 Å². The number of ether oxygens (including phenoxy) is 1. The number of nitriles is 1. The summed E-state index contributed by atoms with van der Waals surface area (Å²) in [6.07, 6.45) is 0. The van der Waals surface area contributed by atoms with Crippen LogP contribution in [0.4, 0.5) is 5.69 Å². The van der Waals surface area contributed by atoms with Gasteiger partial charge in [-0.05, 0) is 30.3 Å². The molecule has 2 N–H and O–H groups in total. The topological polar surface area (TPSA) is 65.3 Å². The number of phenols is 1. The number of benzene rings is 2. The Morgan fingerprint density at radius 2 is 2.10 bits per heavy atom. The van der Waals surface area contributed by atoms with Crippen molar-refractivity contribution in [3.05, 3.63) is 52.0 Å². The lowest BCUT2D eigenvalue weighted by Crippen LogP contribution is -2.01. The van der Waals surface area contributed by atoms with Gasteiger partial charge in [-0.3, -0.25) is 0 Å². The van der Waals surface area contributed by atoms with Gasteiger partial charge in [0.05, 0.1) is 18.4 Å². The van der Waals surface area contributed by atoms with Gasteiger partial charge in [-0.15, -0.1) is 0 Å². The molecular formula is C15H13BrN2O2. The highest BCUT2D eigenvalue weighted by Gasteiger charge is 2.06. The number of nitrogens with zero attached hydrogens (tertiary/aromatic N) is 1. The average Bonchev–Trinajstić information content (AvgIpc) is 2.46. The van der Waals surface area contributed by atoms with Gasteiger partial charge in [-0.1, -0.05) is 15.9 Å². The zero-order valence-corrected chi connectivity index (χ0v) is 12.4. The van der Waals surface area contributed by atoms with Gasteiger partial charge in [0, 0.05) is 22.6 Å². The fourth-order valence-corrected chi connectivity index (χ4v) is 2.13. The molecule has 0 spiro atoms. The minimum Gasteiger partial charge on any atom is -0.507 e.